The summed E-state index contributed by atoms with van der Waals surface area (Å²) in [5, 5.41) is 2.71. The monoisotopic (exact) mass is 267 g/mol. The second kappa shape index (κ2) is 9.62. The summed E-state index contributed by atoms with van der Waals surface area (Å²) in [5.41, 5.74) is -1.42. The maximum Gasteiger partial charge on any atom is 0.364 e. The number of nitrogens with zero attached hydrogens (tertiary/aromatic N) is 3. The fourth-order valence-electron chi connectivity index (χ4n) is 1.49. The van der Waals surface area contributed by atoms with Crippen molar-refractivity contribution in [2.75, 3.05) is 6.54 Å². The first-order valence-electron chi connectivity index (χ1n) is 5.58. The number of carbonyl (C=O) groups excluding carboxylic acids is 4. The molecule has 0 aromatic heterocycles. The van der Waals surface area contributed by atoms with E-state index in [0.29, 0.717) is 12.8 Å². The molecule has 0 rings (SSSR count). The Bertz CT molecular complexity index is 445. The van der Waals surface area contributed by atoms with Gasteiger partial charge in [-0.25, -0.2) is 24.2 Å². The van der Waals surface area contributed by atoms with Crippen LogP contribution in [0.3, 0.4) is 0 Å². The van der Waals surface area contributed by atoms with Crippen LogP contribution in [0.15, 0.2) is 15.1 Å². The summed E-state index contributed by atoms with van der Waals surface area (Å²) in [5.74, 6) is -0.916. The molecule has 102 valence electrons. The van der Waals surface area contributed by atoms with Gasteiger partial charge in [-0.2, -0.15) is 4.99 Å². The number of unbranched alkanes of at least 4 members (excludes halogenated alkanes) is 1. The van der Waals surface area contributed by atoms with E-state index in [0.717, 1.165) is 6.08 Å². The van der Waals surface area contributed by atoms with Gasteiger partial charge in [0, 0.05) is 5.16 Å². The Morgan fingerprint density at radius 1 is 1.16 bits per heavy atom. The summed E-state index contributed by atoms with van der Waals surface area (Å²) in [4.78, 5) is 53.0. The molecule has 8 nitrogen and oxygen atoms in total. The zero-order valence-corrected chi connectivity index (χ0v) is 10.4. The van der Waals surface area contributed by atoms with Crippen LogP contribution >= 0.6 is 0 Å². The Hall–Kier alpha value is -2.39. The van der Waals surface area contributed by atoms with Gasteiger partial charge >= 0.3 is 5.97 Å². The molecule has 0 saturated heterocycles. The van der Waals surface area contributed by atoms with Crippen molar-refractivity contribution in [3.8, 4) is 0 Å². The molecule has 19 heavy (non-hydrogen) atoms. The first-order chi connectivity index (χ1) is 9.16. The normalized spacial score (nSPS) is 12.1. The quantitative estimate of drug-likeness (QED) is 0.201. The first kappa shape index (κ1) is 16.6. The van der Waals surface area contributed by atoms with Gasteiger partial charge in [-0.05, 0) is 25.7 Å². The average molecular weight is 267 g/mol. The number of carbonyl (C=O) groups is 1. The minimum atomic E-state index is -1.42. The van der Waals surface area contributed by atoms with E-state index in [1.807, 2.05) is 0 Å². The molecule has 0 fully saturated rings. The van der Waals surface area contributed by atoms with Gasteiger partial charge < -0.3 is 4.84 Å². The standard InChI is InChI=1S/C11H13N3O5/c1-2-11(13-8-16,10(18)19-14-9-17)5-3-4-6-12-7-15/h2-6H2,1H3. The summed E-state index contributed by atoms with van der Waals surface area (Å²) < 4.78 is 0. The van der Waals surface area contributed by atoms with Crippen LogP contribution in [0.25, 0.3) is 0 Å². The lowest BCUT2D eigenvalue weighted by Crippen LogP contribution is -2.37. The highest BCUT2D eigenvalue weighted by atomic mass is 16.7. The van der Waals surface area contributed by atoms with Crippen molar-refractivity contribution in [3.05, 3.63) is 0 Å². The maximum absolute atomic E-state index is 11.7. The van der Waals surface area contributed by atoms with Gasteiger partial charge in [0.15, 0.2) is 5.54 Å². The fraction of sp³-hybridized carbons (Fsp3) is 0.636. The van der Waals surface area contributed by atoms with E-state index < -0.39 is 11.5 Å². The van der Waals surface area contributed by atoms with Crippen LogP contribution in [0.5, 0.6) is 0 Å². The molecule has 0 bridgehead atoms. The van der Waals surface area contributed by atoms with E-state index in [2.05, 4.69) is 20.0 Å². The Kier molecular flexibility index (Phi) is 8.41. The third kappa shape index (κ3) is 5.66. The second-order valence-electron chi connectivity index (χ2n) is 3.58. The Morgan fingerprint density at radius 3 is 2.42 bits per heavy atom. The highest BCUT2D eigenvalue weighted by Gasteiger charge is 2.38. The largest absolute Gasteiger partial charge is 0.364 e. The molecule has 1 atom stereocenters. The molecule has 8 heteroatoms. The number of hydrogen-bond donors (Lipinski definition) is 0. The molecule has 0 N–H and O–H groups in total. The summed E-state index contributed by atoms with van der Waals surface area (Å²) >= 11 is 0. The third-order valence-corrected chi connectivity index (χ3v) is 2.57. The summed E-state index contributed by atoms with van der Waals surface area (Å²) in [7, 11) is 0. The zero-order chi connectivity index (χ0) is 14.6. The van der Waals surface area contributed by atoms with Crippen LogP contribution in [0.1, 0.15) is 32.6 Å². The van der Waals surface area contributed by atoms with Crippen LogP contribution in [0, 0.1) is 0 Å². The van der Waals surface area contributed by atoms with E-state index >= 15 is 0 Å². The zero-order valence-electron chi connectivity index (χ0n) is 10.4. The molecule has 0 spiro atoms. The lowest BCUT2D eigenvalue weighted by molar-refractivity contribution is -0.150. The molecule has 0 saturated carbocycles. The summed E-state index contributed by atoms with van der Waals surface area (Å²) in [6, 6.07) is 0. The number of aliphatic imine (C=N–C) groups is 2. The molecule has 0 aliphatic heterocycles. The molecule has 1 unspecified atom stereocenters. The van der Waals surface area contributed by atoms with E-state index in [-0.39, 0.29) is 19.4 Å². The Morgan fingerprint density at radius 2 is 1.89 bits per heavy atom. The minimum absolute atomic E-state index is 0.187. The molecule has 0 radical (unpaired) electrons. The van der Waals surface area contributed by atoms with Gasteiger partial charge in [0.05, 0.1) is 6.54 Å². The summed E-state index contributed by atoms with van der Waals surface area (Å²) in [6.07, 6.45) is 5.15. The number of isocyanates is 3. The minimum Gasteiger partial charge on any atom is -0.304 e. The predicted molar refractivity (Wildman–Crippen MR) is 62.2 cm³/mol. The van der Waals surface area contributed by atoms with Crippen molar-refractivity contribution in [1.29, 1.82) is 0 Å². The fourth-order valence-corrected chi connectivity index (χ4v) is 1.49. The van der Waals surface area contributed by atoms with Crippen LogP contribution in [0.2, 0.25) is 0 Å². The highest BCUT2D eigenvalue weighted by molar-refractivity contribution is 5.82. The van der Waals surface area contributed by atoms with Crippen LogP contribution in [0.4, 0.5) is 0 Å². The molecular formula is C11H13N3O5. The third-order valence-electron chi connectivity index (χ3n) is 2.57. The molecule has 0 aromatic rings. The Labute approximate surface area is 109 Å². The lowest BCUT2D eigenvalue weighted by Gasteiger charge is -2.22. The van der Waals surface area contributed by atoms with Gasteiger partial charge in [-0.1, -0.05) is 6.92 Å². The van der Waals surface area contributed by atoms with Gasteiger partial charge in [0.1, 0.15) is 0 Å². The van der Waals surface area contributed by atoms with Crippen LogP contribution in [-0.4, -0.2) is 36.3 Å². The molecule has 0 aromatic carbocycles. The topological polar surface area (TPSA) is 115 Å². The number of rotatable bonds is 9. The maximum atomic E-state index is 11.7. The smallest absolute Gasteiger partial charge is 0.304 e. The van der Waals surface area contributed by atoms with Crippen molar-refractivity contribution in [3.63, 3.8) is 0 Å². The van der Waals surface area contributed by atoms with Crippen molar-refractivity contribution in [2.24, 2.45) is 15.1 Å². The molecule has 0 heterocycles. The van der Waals surface area contributed by atoms with E-state index in [1.165, 1.54) is 12.2 Å². The van der Waals surface area contributed by atoms with Crippen molar-refractivity contribution < 1.29 is 24.0 Å². The van der Waals surface area contributed by atoms with Crippen molar-refractivity contribution in [1.82, 2.24) is 0 Å². The van der Waals surface area contributed by atoms with E-state index in [4.69, 9.17) is 0 Å². The molecule has 0 amide bonds. The average Bonchev–Trinajstić information content (AvgIpc) is 2.43. The molecule has 0 aliphatic rings. The molecular weight excluding hydrogens is 254 g/mol. The van der Waals surface area contributed by atoms with Crippen molar-refractivity contribution >= 4 is 24.2 Å². The summed E-state index contributed by atoms with van der Waals surface area (Å²) in [6.45, 7) is 1.91. The molecule has 0 aliphatic carbocycles. The van der Waals surface area contributed by atoms with Crippen molar-refractivity contribution in [2.45, 2.75) is 38.1 Å². The van der Waals surface area contributed by atoms with Gasteiger partial charge in [-0.15, -0.1) is 0 Å². The van der Waals surface area contributed by atoms with E-state index in [1.54, 1.807) is 6.92 Å². The first-order valence-corrected chi connectivity index (χ1v) is 5.58. The van der Waals surface area contributed by atoms with Gasteiger partial charge in [0.2, 0.25) is 12.2 Å². The van der Waals surface area contributed by atoms with E-state index in [9.17, 15) is 19.2 Å². The second-order valence-corrected chi connectivity index (χ2v) is 3.58. The van der Waals surface area contributed by atoms with Crippen LogP contribution in [-0.2, 0) is 24.0 Å². The Balaban J connectivity index is 4.75. The highest BCUT2D eigenvalue weighted by Crippen LogP contribution is 2.25. The van der Waals surface area contributed by atoms with Gasteiger partial charge in [-0.3, -0.25) is 0 Å². The lowest BCUT2D eigenvalue weighted by atomic mass is 9.90. The predicted octanol–water partition coefficient (Wildman–Crippen LogP) is 0.771. The van der Waals surface area contributed by atoms with Gasteiger partial charge in [0.25, 0.3) is 6.08 Å². The SMILES string of the molecule is CCC(CCCCN=C=O)(N=C=O)C(=O)ON=C=O. The van der Waals surface area contributed by atoms with Crippen LogP contribution < -0.4 is 0 Å². The number of hydrogen-bond acceptors (Lipinski definition) is 8.